The first kappa shape index (κ1) is 18.8. The molecule has 0 atom stereocenters. The van der Waals surface area contributed by atoms with Gasteiger partial charge in [-0.25, -0.2) is 4.98 Å². The number of anilines is 1. The third-order valence-corrected chi connectivity index (χ3v) is 5.96. The first-order valence-corrected chi connectivity index (χ1v) is 10.7. The number of amides is 1. The predicted molar refractivity (Wildman–Crippen MR) is 118 cm³/mol. The Kier molecular flexibility index (Phi) is 4.76. The molecule has 0 saturated carbocycles. The van der Waals surface area contributed by atoms with Crippen LogP contribution in [-0.4, -0.2) is 27.5 Å². The molecule has 0 unspecified atom stereocenters. The average molecular weight is 483 g/mol. The van der Waals surface area contributed by atoms with Crippen molar-refractivity contribution in [1.29, 1.82) is 0 Å². The Labute approximate surface area is 184 Å². The van der Waals surface area contributed by atoms with Crippen LogP contribution in [-0.2, 0) is 7.05 Å². The molecule has 2 aromatic heterocycles. The van der Waals surface area contributed by atoms with Gasteiger partial charge >= 0.3 is 0 Å². The van der Waals surface area contributed by atoms with E-state index in [0.29, 0.717) is 17.1 Å². The largest absolute Gasteiger partial charge is 0.454 e. The van der Waals surface area contributed by atoms with Crippen molar-refractivity contribution in [1.82, 2.24) is 14.8 Å². The lowest BCUT2D eigenvalue weighted by Gasteiger charge is -2.05. The second-order valence-corrected chi connectivity index (χ2v) is 8.38. The molecule has 4 aromatic rings. The summed E-state index contributed by atoms with van der Waals surface area (Å²) in [4.78, 5) is 17.2. The molecule has 0 saturated heterocycles. The molecule has 1 N–H and O–H groups in total. The Bertz CT molecular complexity index is 1270. The Morgan fingerprint density at radius 1 is 1.13 bits per heavy atom. The van der Waals surface area contributed by atoms with E-state index >= 15 is 0 Å². The normalized spacial score (nSPS) is 12.2. The lowest BCUT2D eigenvalue weighted by atomic mass is 10.1. The van der Waals surface area contributed by atoms with Gasteiger partial charge in [-0.2, -0.15) is 5.10 Å². The highest BCUT2D eigenvalue weighted by Crippen LogP contribution is 2.37. The second kappa shape index (κ2) is 7.58. The van der Waals surface area contributed by atoms with Crippen LogP contribution in [0.25, 0.3) is 22.0 Å². The van der Waals surface area contributed by atoms with Gasteiger partial charge in [-0.05, 0) is 36.4 Å². The molecule has 1 aliphatic rings. The maximum atomic E-state index is 12.5. The summed E-state index contributed by atoms with van der Waals surface area (Å²) < 4.78 is 13.3. The zero-order valence-corrected chi connectivity index (χ0v) is 18.2. The van der Waals surface area contributed by atoms with Crippen LogP contribution < -0.4 is 14.8 Å². The summed E-state index contributed by atoms with van der Waals surface area (Å²) >= 11 is 4.88. The van der Waals surface area contributed by atoms with Crippen molar-refractivity contribution in [2.24, 2.45) is 7.05 Å². The number of carbonyl (C=O) groups excluding carboxylic acids is 1. The lowest BCUT2D eigenvalue weighted by molar-refractivity contribution is 0.102. The van der Waals surface area contributed by atoms with Crippen LogP contribution >= 0.6 is 27.3 Å². The van der Waals surface area contributed by atoms with Crippen LogP contribution in [0.2, 0.25) is 0 Å². The maximum absolute atomic E-state index is 12.5. The number of aromatic nitrogens is 3. The van der Waals surface area contributed by atoms with Gasteiger partial charge in [0.1, 0.15) is 16.5 Å². The number of benzene rings is 2. The number of aryl methyl sites for hydroxylation is 1. The monoisotopic (exact) mass is 482 g/mol. The van der Waals surface area contributed by atoms with Crippen molar-refractivity contribution in [3.63, 3.8) is 0 Å². The van der Waals surface area contributed by atoms with Crippen molar-refractivity contribution in [2.75, 3.05) is 12.1 Å². The summed E-state index contributed by atoms with van der Waals surface area (Å²) in [6.07, 6.45) is 0. The molecule has 150 valence electrons. The minimum absolute atomic E-state index is 0.203. The minimum atomic E-state index is -0.203. The number of ether oxygens (including phenoxy) is 2. The molecule has 9 heteroatoms. The predicted octanol–water partition coefficient (Wildman–Crippen LogP) is 4.95. The number of thiazole rings is 1. The summed E-state index contributed by atoms with van der Waals surface area (Å²) in [7, 11) is 1.78. The van der Waals surface area contributed by atoms with E-state index in [4.69, 9.17) is 14.5 Å². The second-order valence-electron chi connectivity index (χ2n) is 6.61. The van der Waals surface area contributed by atoms with Crippen molar-refractivity contribution in [3.8, 4) is 33.5 Å². The average Bonchev–Trinajstić information content (AvgIpc) is 3.47. The van der Waals surface area contributed by atoms with E-state index in [1.165, 1.54) is 11.3 Å². The molecule has 2 aromatic carbocycles. The Morgan fingerprint density at radius 3 is 2.87 bits per heavy atom. The molecule has 0 fully saturated rings. The van der Waals surface area contributed by atoms with Gasteiger partial charge in [-0.3, -0.25) is 9.48 Å². The fraction of sp³-hybridized carbons (Fsp3) is 0.0952. The van der Waals surface area contributed by atoms with Crippen LogP contribution in [0.3, 0.4) is 0 Å². The topological polar surface area (TPSA) is 78.3 Å². The number of nitrogens with zero attached hydrogens (tertiary/aromatic N) is 3. The molecule has 1 aliphatic heterocycles. The molecule has 3 heterocycles. The van der Waals surface area contributed by atoms with E-state index in [9.17, 15) is 4.79 Å². The Hall–Kier alpha value is -3.17. The summed E-state index contributed by atoms with van der Waals surface area (Å²) in [6, 6.07) is 14.8. The fourth-order valence-electron chi connectivity index (χ4n) is 3.09. The molecule has 7 nitrogen and oxygen atoms in total. The molecule has 5 rings (SSSR count). The van der Waals surface area contributed by atoms with Gasteiger partial charge in [0.15, 0.2) is 11.5 Å². The van der Waals surface area contributed by atoms with Crippen molar-refractivity contribution >= 4 is 39.0 Å². The number of nitrogens with one attached hydrogen (secondary N) is 1. The SMILES string of the molecule is Cn1nc(-c2nc(-c3ccc4c(c3)OCO4)cs2)cc1NC(=O)c1cccc(Br)c1. The van der Waals surface area contributed by atoms with E-state index in [2.05, 4.69) is 26.3 Å². The quantitative estimate of drug-likeness (QED) is 0.444. The third kappa shape index (κ3) is 3.57. The van der Waals surface area contributed by atoms with Crippen molar-refractivity contribution in [2.45, 2.75) is 0 Å². The van der Waals surface area contributed by atoms with E-state index in [1.807, 2.05) is 41.8 Å². The van der Waals surface area contributed by atoms with Crippen LogP contribution in [0.5, 0.6) is 11.5 Å². The summed E-state index contributed by atoms with van der Waals surface area (Å²) in [6.45, 7) is 0.240. The van der Waals surface area contributed by atoms with Gasteiger partial charge < -0.3 is 14.8 Å². The van der Waals surface area contributed by atoms with Gasteiger partial charge in [-0.15, -0.1) is 11.3 Å². The van der Waals surface area contributed by atoms with Crippen LogP contribution in [0.1, 0.15) is 10.4 Å². The van der Waals surface area contributed by atoms with Gasteiger partial charge in [0.2, 0.25) is 6.79 Å². The van der Waals surface area contributed by atoms with Crippen molar-refractivity contribution < 1.29 is 14.3 Å². The minimum Gasteiger partial charge on any atom is -0.454 e. The third-order valence-electron chi connectivity index (χ3n) is 4.60. The highest BCUT2D eigenvalue weighted by Gasteiger charge is 2.17. The zero-order chi connectivity index (χ0) is 20.7. The lowest BCUT2D eigenvalue weighted by Crippen LogP contribution is -2.14. The number of carbonyl (C=O) groups is 1. The van der Waals surface area contributed by atoms with E-state index < -0.39 is 0 Å². The molecule has 30 heavy (non-hydrogen) atoms. The highest BCUT2D eigenvalue weighted by atomic mass is 79.9. The Balaban J connectivity index is 1.38. The molecule has 0 aliphatic carbocycles. The zero-order valence-electron chi connectivity index (χ0n) is 15.8. The van der Waals surface area contributed by atoms with Gasteiger partial charge in [0.05, 0.1) is 5.69 Å². The number of hydrogen-bond acceptors (Lipinski definition) is 6. The number of halogens is 1. The molecule has 0 radical (unpaired) electrons. The fourth-order valence-corrected chi connectivity index (χ4v) is 4.27. The molecular weight excluding hydrogens is 468 g/mol. The molecular formula is C21H15BrN4O3S. The summed E-state index contributed by atoms with van der Waals surface area (Å²) in [5.41, 5.74) is 3.03. The number of fused-ring (bicyclic) bond motifs is 1. The summed E-state index contributed by atoms with van der Waals surface area (Å²) in [5, 5.41) is 10.1. The van der Waals surface area contributed by atoms with Gasteiger partial charge in [-0.1, -0.05) is 22.0 Å². The van der Waals surface area contributed by atoms with Crippen LogP contribution in [0.4, 0.5) is 5.82 Å². The smallest absolute Gasteiger partial charge is 0.256 e. The highest BCUT2D eigenvalue weighted by molar-refractivity contribution is 9.10. The molecule has 0 spiro atoms. The maximum Gasteiger partial charge on any atom is 0.256 e. The molecule has 1 amide bonds. The van der Waals surface area contributed by atoms with Gasteiger partial charge in [0.25, 0.3) is 5.91 Å². The number of hydrogen-bond donors (Lipinski definition) is 1. The van der Waals surface area contributed by atoms with Crippen molar-refractivity contribution in [3.05, 3.63) is 63.9 Å². The summed E-state index contributed by atoms with van der Waals surface area (Å²) in [5.74, 6) is 1.85. The first-order valence-electron chi connectivity index (χ1n) is 9.04. The molecule has 0 bridgehead atoms. The van der Waals surface area contributed by atoms with Gasteiger partial charge in [0, 0.05) is 34.1 Å². The Morgan fingerprint density at radius 2 is 2.00 bits per heavy atom. The standard InChI is InChI=1S/C21H15BrN4O3S/c1-26-19(24-20(27)13-3-2-4-14(22)7-13)9-15(25-26)21-23-16(10-30-21)12-5-6-17-18(8-12)29-11-28-17/h2-10H,11H2,1H3,(H,24,27). The van der Waals surface area contributed by atoms with Crippen LogP contribution in [0, 0.1) is 0 Å². The van der Waals surface area contributed by atoms with Crippen LogP contribution in [0.15, 0.2) is 58.4 Å². The first-order chi connectivity index (χ1) is 14.6. The number of rotatable bonds is 4. The van der Waals surface area contributed by atoms with E-state index in [0.717, 1.165) is 32.2 Å². The van der Waals surface area contributed by atoms with E-state index in [1.54, 1.807) is 23.9 Å². The van der Waals surface area contributed by atoms with E-state index in [-0.39, 0.29) is 12.7 Å².